The number of ether oxygens (including phenoxy) is 4. The average molecular weight is 474 g/mol. The Labute approximate surface area is 201 Å². The number of nitrogens with one attached hydrogen (secondary N) is 1. The highest BCUT2D eigenvalue weighted by Gasteiger charge is 2.29. The average Bonchev–Trinajstić information content (AvgIpc) is 2.79. The van der Waals surface area contributed by atoms with E-state index < -0.39 is 11.5 Å². The number of aryl methyl sites for hydroxylation is 1. The molecule has 186 valence electrons. The number of rotatable bonds is 8. The summed E-state index contributed by atoms with van der Waals surface area (Å²) in [4.78, 5) is 31.7. The van der Waals surface area contributed by atoms with Gasteiger partial charge in [-0.3, -0.25) is 4.79 Å². The van der Waals surface area contributed by atoms with E-state index in [0.717, 1.165) is 5.56 Å². The standard InChI is InChI=1S/C25H35N3O6/c1-10-28(11-2)24(30)34-20-16(12-13-17(31-7)21(20)32-8)18-15(3)14-26-22(33-9)19(18)27-23(29)25(4,5)6/h12-14H,10-11H2,1-9H3,(H,27,29). The summed E-state index contributed by atoms with van der Waals surface area (Å²) in [5, 5.41) is 2.95. The lowest BCUT2D eigenvalue weighted by atomic mass is 9.94. The molecule has 9 nitrogen and oxygen atoms in total. The minimum atomic E-state index is -0.665. The number of carbonyl (C=O) groups excluding carboxylic acids is 2. The Bertz CT molecular complexity index is 1040. The lowest BCUT2D eigenvalue weighted by Gasteiger charge is -2.24. The summed E-state index contributed by atoms with van der Waals surface area (Å²) >= 11 is 0. The third-order valence-corrected chi connectivity index (χ3v) is 5.33. The van der Waals surface area contributed by atoms with Crippen LogP contribution in [0.1, 0.15) is 40.2 Å². The zero-order chi connectivity index (χ0) is 25.6. The maximum atomic E-state index is 12.9. The Morgan fingerprint density at radius 2 is 1.65 bits per heavy atom. The van der Waals surface area contributed by atoms with Gasteiger partial charge in [0, 0.05) is 35.8 Å². The Morgan fingerprint density at radius 1 is 1.00 bits per heavy atom. The second-order valence-corrected chi connectivity index (χ2v) is 8.62. The molecule has 0 unspecified atom stereocenters. The second-order valence-electron chi connectivity index (χ2n) is 8.62. The SMILES string of the molecule is CCN(CC)C(=O)Oc1c(-c2c(C)cnc(OC)c2NC(=O)C(C)(C)C)ccc(OC)c1OC. The summed E-state index contributed by atoms with van der Waals surface area (Å²) in [6, 6.07) is 3.46. The van der Waals surface area contributed by atoms with Crippen molar-refractivity contribution >= 4 is 17.7 Å². The second kappa shape index (κ2) is 11.1. The van der Waals surface area contributed by atoms with Crippen LogP contribution in [0, 0.1) is 12.3 Å². The molecule has 0 aliphatic rings. The van der Waals surface area contributed by atoms with Gasteiger partial charge < -0.3 is 29.2 Å². The predicted octanol–water partition coefficient (Wildman–Crippen LogP) is 4.91. The molecule has 1 aromatic carbocycles. The van der Waals surface area contributed by atoms with Crippen LogP contribution >= 0.6 is 0 Å². The van der Waals surface area contributed by atoms with Crippen LogP contribution in [0.25, 0.3) is 11.1 Å². The van der Waals surface area contributed by atoms with Crippen molar-refractivity contribution in [3.8, 4) is 34.3 Å². The van der Waals surface area contributed by atoms with E-state index in [1.54, 1.807) is 23.2 Å². The van der Waals surface area contributed by atoms with Crippen molar-refractivity contribution in [2.75, 3.05) is 39.7 Å². The van der Waals surface area contributed by atoms with Crippen molar-refractivity contribution in [3.05, 3.63) is 23.9 Å². The van der Waals surface area contributed by atoms with Crippen molar-refractivity contribution in [1.29, 1.82) is 0 Å². The first-order valence-electron chi connectivity index (χ1n) is 11.1. The largest absolute Gasteiger partial charge is 0.493 e. The van der Waals surface area contributed by atoms with Gasteiger partial charge >= 0.3 is 6.09 Å². The van der Waals surface area contributed by atoms with E-state index >= 15 is 0 Å². The molecule has 2 aromatic rings. The van der Waals surface area contributed by atoms with Crippen LogP contribution in [0.3, 0.4) is 0 Å². The van der Waals surface area contributed by atoms with Gasteiger partial charge in [-0.25, -0.2) is 9.78 Å². The van der Waals surface area contributed by atoms with Gasteiger partial charge in [-0.15, -0.1) is 0 Å². The lowest BCUT2D eigenvalue weighted by Crippen LogP contribution is -2.33. The topological polar surface area (TPSA) is 99.2 Å². The van der Waals surface area contributed by atoms with Crippen LogP contribution in [0.5, 0.6) is 23.1 Å². The Kier molecular flexibility index (Phi) is 8.73. The molecule has 9 heteroatoms. The number of amides is 2. The molecule has 0 bridgehead atoms. The summed E-state index contributed by atoms with van der Waals surface area (Å²) < 4.78 is 22.4. The van der Waals surface area contributed by atoms with Crippen LogP contribution in [-0.2, 0) is 4.79 Å². The Hall–Kier alpha value is -3.49. The molecule has 2 amide bonds. The molecule has 0 radical (unpaired) electrons. The number of anilines is 1. The van der Waals surface area contributed by atoms with Crippen LogP contribution in [0.2, 0.25) is 0 Å². The molecule has 1 aromatic heterocycles. The number of pyridine rings is 1. The minimum Gasteiger partial charge on any atom is -0.493 e. The molecule has 0 fully saturated rings. The maximum absolute atomic E-state index is 12.9. The van der Waals surface area contributed by atoms with Gasteiger partial charge in [-0.2, -0.15) is 0 Å². The van der Waals surface area contributed by atoms with Crippen molar-refractivity contribution in [2.24, 2.45) is 5.41 Å². The van der Waals surface area contributed by atoms with Gasteiger partial charge in [0.2, 0.25) is 17.5 Å². The fourth-order valence-electron chi connectivity index (χ4n) is 3.34. The Balaban J connectivity index is 2.85. The Morgan fingerprint density at radius 3 is 2.15 bits per heavy atom. The number of methoxy groups -OCH3 is 3. The molecular weight excluding hydrogens is 438 g/mol. The molecule has 1 N–H and O–H groups in total. The van der Waals surface area contributed by atoms with E-state index in [2.05, 4.69) is 10.3 Å². The van der Waals surface area contributed by atoms with Crippen molar-refractivity contribution in [3.63, 3.8) is 0 Å². The van der Waals surface area contributed by atoms with Crippen molar-refractivity contribution < 1.29 is 28.5 Å². The lowest BCUT2D eigenvalue weighted by molar-refractivity contribution is -0.123. The zero-order valence-corrected chi connectivity index (χ0v) is 21.5. The van der Waals surface area contributed by atoms with E-state index in [1.165, 1.54) is 21.3 Å². The first kappa shape index (κ1) is 26.8. The van der Waals surface area contributed by atoms with Crippen LogP contribution in [0.4, 0.5) is 10.5 Å². The fraction of sp³-hybridized carbons (Fsp3) is 0.480. The number of carbonyl (C=O) groups is 2. The van der Waals surface area contributed by atoms with Gasteiger partial charge in [0.25, 0.3) is 0 Å². The number of aromatic nitrogens is 1. The van der Waals surface area contributed by atoms with Crippen molar-refractivity contribution in [2.45, 2.75) is 41.5 Å². The van der Waals surface area contributed by atoms with E-state index in [0.29, 0.717) is 35.7 Å². The first-order chi connectivity index (χ1) is 16.0. The summed E-state index contributed by atoms with van der Waals surface area (Å²) in [5.41, 5.74) is 1.54. The molecule has 0 atom stereocenters. The van der Waals surface area contributed by atoms with Crippen LogP contribution < -0.4 is 24.3 Å². The van der Waals surface area contributed by atoms with E-state index in [4.69, 9.17) is 18.9 Å². The fourth-order valence-corrected chi connectivity index (χ4v) is 3.34. The number of hydrogen-bond donors (Lipinski definition) is 1. The predicted molar refractivity (Wildman–Crippen MR) is 131 cm³/mol. The molecule has 34 heavy (non-hydrogen) atoms. The highest BCUT2D eigenvalue weighted by Crippen LogP contribution is 2.49. The smallest absolute Gasteiger partial charge is 0.415 e. The highest BCUT2D eigenvalue weighted by atomic mass is 16.6. The third kappa shape index (κ3) is 5.52. The van der Waals surface area contributed by atoms with Gasteiger partial charge in [-0.05, 0) is 38.5 Å². The third-order valence-electron chi connectivity index (χ3n) is 5.33. The van der Waals surface area contributed by atoms with Crippen LogP contribution in [0.15, 0.2) is 18.3 Å². The van der Waals surface area contributed by atoms with E-state index in [-0.39, 0.29) is 23.3 Å². The molecule has 0 aliphatic carbocycles. The van der Waals surface area contributed by atoms with Crippen molar-refractivity contribution in [1.82, 2.24) is 9.88 Å². The van der Waals surface area contributed by atoms with E-state index in [1.807, 2.05) is 41.5 Å². The summed E-state index contributed by atoms with van der Waals surface area (Å²) in [5.74, 6) is 0.827. The monoisotopic (exact) mass is 473 g/mol. The van der Waals surface area contributed by atoms with Gasteiger partial charge in [-0.1, -0.05) is 20.8 Å². The van der Waals surface area contributed by atoms with Crippen LogP contribution in [-0.4, -0.2) is 56.3 Å². The quantitative estimate of drug-likeness (QED) is 0.582. The van der Waals surface area contributed by atoms with Gasteiger partial charge in [0.1, 0.15) is 5.69 Å². The zero-order valence-electron chi connectivity index (χ0n) is 21.5. The molecule has 1 heterocycles. The maximum Gasteiger partial charge on any atom is 0.415 e. The molecule has 0 saturated carbocycles. The van der Waals surface area contributed by atoms with Gasteiger partial charge in [0.15, 0.2) is 11.5 Å². The van der Waals surface area contributed by atoms with E-state index in [9.17, 15) is 9.59 Å². The normalized spacial score (nSPS) is 11.0. The summed E-state index contributed by atoms with van der Waals surface area (Å²) in [6.07, 6.45) is 1.10. The molecule has 2 rings (SSSR count). The number of benzene rings is 1. The number of nitrogens with zero attached hydrogens (tertiary/aromatic N) is 2. The first-order valence-corrected chi connectivity index (χ1v) is 11.1. The minimum absolute atomic E-state index is 0.168. The molecule has 0 aliphatic heterocycles. The molecular formula is C25H35N3O6. The summed E-state index contributed by atoms with van der Waals surface area (Å²) in [7, 11) is 4.45. The molecule has 0 saturated heterocycles. The van der Waals surface area contributed by atoms with Gasteiger partial charge in [0.05, 0.1) is 21.3 Å². The molecule has 0 spiro atoms. The number of hydrogen-bond acceptors (Lipinski definition) is 7. The summed E-state index contributed by atoms with van der Waals surface area (Å²) in [6.45, 7) is 12.0. The highest BCUT2D eigenvalue weighted by molar-refractivity contribution is 6.01.